The first-order valence-electron chi connectivity index (χ1n) is 8.37. The molecule has 1 saturated heterocycles. The molecule has 3 nitrogen and oxygen atoms in total. The van der Waals surface area contributed by atoms with E-state index in [2.05, 4.69) is 44.8 Å². The van der Waals surface area contributed by atoms with Crippen molar-refractivity contribution in [3.8, 4) is 0 Å². The number of nitrogens with one attached hydrogen (secondary N) is 2. The minimum absolute atomic E-state index is 0.110. The number of fused-ring (bicyclic) bond motifs is 1. The number of rotatable bonds is 2. The molecule has 0 saturated carbocycles. The molecule has 4 rings (SSSR count). The molecule has 0 aromatic heterocycles. The van der Waals surface area contributed by atoms with E-state index in [1.165, 1.54) is 0 Å². The zero-order valence-electron chi connectivity index (χ0n) is 13.7. The lowest BCUT2D eigenvalue weighted by molar-refractivity contribution is 0.559. The fourth-order valence-electron chi connectivity index (χ4n) is 3.38. The van der Waals surface area contributed by atoms with Crippen LogP contribution in [-0.4, -0.2) is 22.9 Å². The van der Waals surface area contributed by atoms with E-state index in [4.69, 9.17) is 16.6 Å². The summed E-state index contributed by atoms with van der Waals surface area (Å²) in [6, 6.07) is 14.1. The maximum absolute atomic E-state index is 6.11. The summed E-state index contributed by atoms with van der Waals surface area (Å²) in [6.07, 6.45) is 2.14. The van der Waals surface area contributed by atoms with Crippen LogP contribution in [0.1, 0.15) is 18.4 Å². The topological polar surface area (TPSA) is 36.4 Å². The Morgan fingerprint density at radius 3 is 2.76 bits per heavy atom. The quantitative estimate of drug-likeness (QED) is 0.624. The number of hydrogen-bond donors (Lipinski definition) is 2. The van der Waals surface area contributed by atoms with E-state index < -0.39 is 0 Å². The molecule has 2 N–H and O–H groups in total. The molecule has 0 radical (unpaired) electrons. The van der Waals surface area contributed by atoms with Gasteiger partial charge in [-0.3, -0.25) is 4.99 Å². The van der Waals surface area contributed by atoms with Crippen molar-refractivity contribution in [2.75, 3.05) is 22.1 Å². The maximum Gasteiger partial charge on any atom is 0.127 e. The number of anilines is 2. The van der Waals surface area contributed by atoms with Crippen LogP contribution in [0.25, 0.3) is 0 Å². The van der Waals surface area contributed by atoms with Gasteiger partial charge in [0.1, 0.15) is 5.84 Å². The van der Waals surface area contributed by atoms with E-state index in [1.54, 1.807) is 0 Å². The van der Waals surface area contributed by atoms with Crippen molar-refractivity contribution < 1.29 is 0 Å². The van der Waals surface area contributed by atoms with Crippen LogP contribution >= 0.6 is 39.3 Å². The average Bonchev–Trinajstić information content (AvgIpc) is 2.62. The number of thioether (sulfide) groups is 1. The van der Waals surface area contributed by atoms with Gasteiger partial charge in [-0.15, -0.1) is 0 Å². The molecular formula is C19H19BrClN3S. The highest BCUT2D eigenvalue weighted by atomic mass is 79.9. The van der Waals surface area contributed by atoms with Crippen molar-refractivity contribution in [3.63, 3.8) is 0 Å². The fraction of sp³-hybridized carbons (Fsp3) is 0.316. The highest BCUT2D eigenvalue weighted by Gasteiger charge is 2.41. The summed E-state index contributed by atoms with van der Waals surface area (Å²) in [5, 5.41) is 8.15. The zero-order chi connectivity index (χ0) is 17.3. The molecular weight excluding hydrogens is 418 g/mol. The van der Waals surface area contributed by atoms with Crippen molar-refractivity contribution >= 4 is 56.5 Å². The van der Waals surface area contributed by atoms with Gasteiger partial charge in [-0.25, -0.2) is 0 Å². The minimum atomic E-state index is -0.110. The Morgan fingerprint density at radius 1 is 1.16 bits per heavy atom. The first kappa shape index (κ1) is 17.3. The van der Waals surface area contributed by atoms with E-state index in [-0.39, 0.29) is 5.54 Å². The third kappa shape index (κ3) is 3.55. The monoisotopic (exact) mass is 435 g/mol. The molecule has 0 aliphatic carbocycles. The summed E-state index contributed by atoms with van der Waals surface area (Å²) in [5.41, 5.74) is 3.22. The van der Waals surface area contributed by atoms with E-state index in [0.717, 1.165) is 56.6 Å². The maximum atomic E-state index is 6.11. The fourth-order valence-corrected chi connectivity index (χ4v) is 5.25. The second-order valence-corrected chi connectivity index (χ2v) is 8.92. The largest absolute Gasteiger partial charge is 0.370 e. The predicted octanol–water partition coefficient (Wildman–Crippen LogP) is 5.80. The Balaban J connectivity index is 1.69. The van der Waals surface area contributed by atoms with Crippen LogP contribution in [0.4, 0.5) is 11.4 Å². The normalized spacial score (nSPS) is 20.0. The highest BCUT2D eigenvalue weighted by molar-refractivity contribution is 9.10. The number of aliphatic imine (C=N–C) groups is 1. The molecule has 2 aromatic carbocycles. The van der Waals surface area contributed by atoms with Gasteiger partial charge in [-0.2, -0.15) is 11.8 Å². The smallest absolute Gasteiger partial charge is 0.127 e. The number of nitrogens with zero attached hydrogens (tertiary/aromatic N) is 1. The Kier molecular flexibility index (Phi) is 4.98. The lowest BCUT2D eigenvalue weighted by Crippen LogP contribution is -2.54. The Morgan fingerprint density at radius 2 is 1.96 bits per heavy atom. The van der Waals surface area contributed by atoms with Crippen molar-refractivity contribution in [2.45, 2.75) is 24.9 Å². The third-order valence-electron chi connectivity index (χ3n) is 4.74. The Hall–Kier alpha value is -1.17. The molecule has 2 aliphatic heterocycles. The Labute approximate surface area is 165 Å². The summed E-state index contributed by atoms with van der Waals surface area (Å²) >= 11 is 11.8. The molecule has 1 spiro atoms. The molecule has 0 atom stereocenters. The van der Waals surface area contributed by atoms with Crippen LogP contribution in [0.15, 0.2) is 51.9 Å². The van der Waals surface area contributed by atoms with Gasteiger partial charge in [0, 0.05) is 9.50 Å². The first-order chi connectivity index (χ1) is 12.2. The molecule has 0 amide bonds. The van der Waals surface area contributed by atoms with Crippen LogP contribution in [0.3, 0.4) is 0 Å². The van der Waals surface area contributed by atoms with Crippen LogP contribution < -0.4 is 10.6 Å². The molecule has 2 aliphatic rings. The van der Waals surface area contributed by atoms with Crippen LogP contribution in [-0.2, 0) is 6.54 Å². The van der Waals surface area contributed by atoms with Gasteiger partial charge in [0.15, 0.2) is 0 Å². The van der Waals surface area contributed by atoms with E-state index in [1.807, 2.05) is 36.0 Å². The summed E-state index contributed by atoms with van der Waals surface area (Å²) in [4.78, 5) is 4.96. The lowest BCUT2D eigenvalue weighted by atomic mass is 9.87. The predicted molar refractivity (Wildman–Crippen MR) is 113 cm³/mol. The van der Waals surface area contributed by atoms with E-state index in [0.29, 0.717) is 6.54 Å². The van der Waals surface area contributed by atoms with Gasteiger partial charge < -0.3 is 10.6 Å². The molecule has 1 fully saturated rings. The number of hydrogen-bond acceptors (Lipinski definition) is 3. The van der Waals surface area contributed by atoms with Crippen molar-refractivity contribution in [1.29, 1.82) is 0 Å². The molecule has 6 heteroatoms. The van der Waals surface area contributed by atoms with Gasteiger partial charge in [-0.05, 0) is 70.1 Å². The Bertz CT molecular complexity index is 818. The minimum Gasteiger partial charge on any atom is -0.370 e. The lowest BCUT2D eigenvalue weighted by Gasteiger charge is -2.44. The van der Waals surface area contributed by atoms with Gasteiger partial charge in [0.2, 0.25) is 0 Å². The summed E-state index contributed by atoms with van der Waals surface area (Å²) in [5.74, 6) is 3.33. The molecule has 0 bridgehead atoms. The molecule has 2 aromatic rings. The van der Waals surface area contributed by atoms with Gasteiger partial charge in [-0.1, -0.05) is 29.8 Å². The van der Waals surface area contributed by atoms with Crippen molar-refractivity contribution in [2.24, 2.45) is 4.99 Å². The standard InChI is InChI=1S/C19H19BrClN3S/c20-15-5-2-6-16-17(15)24-19(7-9-25-10-8-19)18(23-16)22-12-13-3-1-4-14(21)11-13/h1-6,11,24H,7-10,12H2,(H,22,23). The van der Waals surface area contributed by atoms with Crippen molar-refractivity contribution in [1.82, 2.24) is 0 Å². The molecule has 130 valence electrons. The highest BCUT2D eigenvalue weighted by Crippen LogP contribution is 2.42. The summed E-state index contributed by atoms with van der Waals surface area (Å²) < 4.78 is 1.09. The number of benzene rings is 2. The number of para-hydroxylation sites is 1. The summed E-state index contributed by atoms with van der Waals surface area (Å²) in [6.45, 7) is 0.628. The van der Waals surface area contributed by atoms with Gasteiger partial charge in [0.25, 0.3) is 0 Å². The van der Waals surface area contributed by atoms with Gasteiger partial charge >= 0.3 is 0 Å². The number of halogens is 2. The molecule has 0 unspecified atom stereocenters. The van der Waals surface area contributed by atoms with E-state index in [9.17, 15) is 0 Å². The van der Waals surface area contributed by atoms with Gasteiger partial charge in [0.05, 0.1) is 23.5 Å². The first-order valence-corrected chi connectivity index (χ1v) is 10.7. The SMILES string of the molecule is Clc1cccc(CN=C2Nc3cccc(Br)c3NC23CCSCC3)c1. The second kappa shape index (κ2) is 7.22. The third-order valence-corrected chi connectivity index (χ3v) is 6.62. The van der Waals surface area contributed by atoms with Crippen LogP contribution in [0.5, 0.6) is 0 Å². The van der Waals surface area contributed by atoms with Crippen molar-refractivity contribution in [3.05, 3.63) is 57.5 Å². The van der Waals surface area contributed by atoms with E-state index >= 15 is 0 Å². The molecule has 2 heterocycles. The molecule has 25 heavy (non-hydrogen) atoms. The summed E-state index contributed by atoms with van der Waals surface area (Å²) in [7, 11) is 0. The van der Waals surface area contributed by atoms with Crippen LogP contribution in [0.2, 0.25) is 5.02 Å². The second-order valence-electron chi connectivity index (χ2n) is 6.40. The van der Waals surface area contributed by atoms with Crippen LogP contribution in [0, 0.1) is 0 Å². The zero-order valence-corrected chi connectivity index (χ0v) is 16.8. The number of amidine groups is 1. The average molecular weight is 437 g/mol.